The zero-order valence-corrected chi connectivity index (χ0v) is 100. The Morgan fingerprint density at radius 3 is 0.875 bits per heavy atom. The predicted octanol–water partition coefficient (Wildman–Crippen LogP) is 22.3. The number of allylic oxidation sites excluding steroid dienone is 1. The molecule has 22 atom stereocenters. The summed E-state index contributed by atoms with van der Waals surface area (Å²) in [5.74, 6) is 0.220. The van der Waals surface area contributed by atoms with Crippen LogP contribution < -0.4 is 15.9 Å². The molecule has 24 nitrogen and oxygen atoms in total. The summed E-state index contributed by atoms with van der Waals surface area (Å²) in [5.41, 5.74) is 0. The van der Waals surface area contributed by atoms with Gasteiger partial charge in [0.1, 0.15) is 36.8 Å². The number of aldehydes is 2. The zero-order valence-electron chi connectivity index (χ0n) is 91.0. The second-order valence-corrected chi connectivity index (χ2v) is 81.7. The molecule has 32 heteroatoms. The van der Waals surface area contributed by atoms with Crippen molar-refractivity contribution in [3.05, 3.63) is 116 Å². The fraction of sp³-hybridized carbons (Fsp3) is 0.712. The number of hydrogen-bond acceptors (Lipinski definition) is 24. The SMILES string of the molecule is C/C=C\[C@@H]1OC(=O)[C@H](C)[C@@H](O[Si](C)(C)C(C)(C)C)[C@H]1C.C=CC[C@@H]1OC(=O)[C@H](C)[C@@H](O[Si](C)(C)C(C)(C)C)[C@H]1C.CC=P(c1ccccc1)(c1ccccc1)c1ccccc1.C[C@@H]1[C@H](O[Si](C)(C)C(C)(C)C)[C@@H](C)C(=O)O[C@H]1C=O.C[C@@H]1[C@H](O[Si](C)(C)C(C)(C)C)[C@@H](C)C(=O)O[C@H]1C[C@@H](C=O)O[Si](C)(C)C(C)(C)C.C[C@@H]1[C@H](O[Si](C)(C)C(C)(C)C)[C@@H](C)C(=O)O[C@H]1C[C@H](O)CO.[O]=[Os](=[O])(=[O])=[O]. The summed E-state index contributed by atoms with van der Waals surface area (Å²) in [5, 5.41) is 23.4. The van der Waals surface area contributed by atoms with Crippen LogP contribution in [-0.4, -0.2) is 188 Å². The summed E-state index contributed by atoms with van der Waals surface area (Å²) < 4.78 is 101. The molecule has 2 N–H and O–H groups in total. The molecule has 0 saturated carbocycles. The number of rotatable bonds is 25. The number of esters is 5. The van der Waals surface area contributed by atoms with Crippen molar-refractivity contribution in [3.8, 4) is 0 Å². The predicted molar refractivity (Wildman–Crippen MR) is 557 cm³/mol. The number of ether oxygens (including phenoxy) is 5. The van der Waals surface area contributed by atoms with E-state index in [-0.39, 0.29) is 181 Å². The van der Waals surface area contributed by atoms with Gasteiger partial charge in [-0.25, -0.2) is 0 Å². The van der Waals surface area contributed by atoms with Crippen molar-refractivity contribution in [2.45, 2.75) is 409 Å². The molecule has 3 aromatic carbocycles. The quantitative estimate of drug-likeness (QED) is 0.0199. The van der Waals surface area contributed by atoms with Crippen molar-refractivity contribution in [3.63, 3.8) is 0 Å². The number of aliphatic hydroxyl groups excluding tert-OH is 2. The summed E-state index contributed by atoms with van der Waals surface area (Å²) in [6.45, 7) is 91.1. The van der Waals surface area contributed by atoms with Crippen LogP contribution in [0.15, 0.2) is 116 Å². The fourth-order valence-electron chi connectivity index (χ4n) is 15.0. The van der Waals surface area contributed by atoms with Gasteiger partial charge in [-0.2, -0.15) is 0 Å². The maximum absolute atomic E-state index is 12.6. The average Bonchev–Trinajstić information content (AvgIpc) is 0.749. The van der Waals surface area contributed by atoms with Gasteiger partial charge < -0.3 is 65.2 Å². The Hall–Kier alpha value is -5.05. The van der Waals surface area contributed by atoms with Crippen molar-refractivity contribution in [1.29, 1.82) is 0 Å². The number of cyclic esters (lactones) is 5. The molecule has 5 saturated heterocycles. The van der Waals surface area contributed by atoms with E-state index in [1.807, 2.05) is 73.6 Å². The molecule has 5 heterocycles. The number of carbonyl (C=O) groups is 7. The summed E-state index contributed by atoms with van der Waals surface area (Å²) in [6.07, 6.45) is 4.63. The second kappa shape index (κ2) is 51.4. The Morgan fingerprint density at radius 1 is 0.390 bits per heavy atom. The standard InChI is InChI=1S/C22H44O5Si2.C20H19P.C16H32O5Si.2C16H30O3Si.C14H26O4Si.4O.Os/c1-15-18(13-17(14-23)26-28(9,10)21(3,4)5)25-20(24)16(2)19(15)27-29(11,12)22(6,7)8;1-2-21(18-12-6-3-7-13-18,19-14-8-4-9-15-19)20-16-10-5-11-17-20;1-10-13(8-12(18)9-17)20-15(19)11(2)14(10)21-22(6,7)16(3,4)5;2*1-9-10-13-11(2)14(12(3)15(17)18-13)19-20(7,8)16(4,5)6;1-9-11(8-15)17-13(16)10(2)12(9)18-19(6,7)14(3,4)5;;;;;/h14-19H,13H2,1-12H3;2-17H,1H3;10-14,17-18H,8-9H2,1-7H3;9-14H,1-8H3;9,11-14H,1,10H2,2-8H3;8-12H,1-7H3;;;;;/b;;;10-9-;;;;;;;/t15-,16+,17-,18-,19-;;10-,11+,12-,13-,14-;2*11-,12+,13-,14-;9-,10+,11-,12-;;;;;/m0.0000...../s1. The average molecular weight is 2210 g/mol. The van der Waals surface area contributed by atoms with Crippen molar-refractivity contribution in [2.75, 3.05) is 6.61 Å². The molecule has 0 bridgehead atoms. The molecule has 0 radical (unpaired) electrons. The second-order valence-electron chi connectivity index (χ2n) is 47.1. The minimum absolute atomic E-state index is 0.00212. The first-order valence-electron chi connectivity index (χ1n) is 48.6. The Balaban J connectivity index is 0.000000549. The number of carbonyl (C=O) groups excluding carboxylic acids is 7. The molecule has 0 amide bonds. The van der Waals surface area contributed by atoms with Crippen LogP contribution in [-0.2, 0) is 113 Å². The molecule has 778 valence electrons. The van der Waals surface area contributed by atoms with Gasteiger partial charge in [-0.05, 0) is 186 Å². The van der Waals surface area contributed by atoms with Crippen LogP contribution in [0.5, 0.6) is 0 Å². The van der Waals surface area contributed by atoms with Crippen LogP contribution in [0.2, 0.25) is 109 Å². The van der Waals surface area contributed by atoms with Gasteiger partial charge >= 0.3 is 58.8 Å². The van der Waals surface area contributed by atoms with E-state index >= 15 is 0 Å². The fourth-order valence-corrected chi connectivity index (χ4v) is 27.3. The van der Waals surface area contributed by atoms with E-state index in [1.54, 1.807) is 0 Å². The van der Waals surface area contributed by atoms with Crippen molar-refractivity contribution < 1.29 is 123 Å². The molecule has 0 aliphatic carbocycles. The third-order valence-corrected chi connectivity index (χ3v) is 61.6. The Bertz CT molecular complexity index is 4520. The third-order valence-electron chi connectivity index (χ3n) is 30.6. The Labute approximate surface area is 828 Å². The molecule has 3 aromatic rings. The zero-order chi connectivity index (χ0) is 106. The molecule has 5 aliphatic heterocycles. The van der Waals surface area contributed by atoms with E-state index in [9.17, 15) is 38.7 Å². The normalized spacial score (nSPS) is 27.3. The van der Waals surface area contributed by atoms with E-state index in [2.05, 4.69) is 334 Å². The van der Waals surface area contributed by atoms with Gasteiger partial charge in [-0.3, -0.25) is 28.8 Å². The van der Waals surface area contributed by atoms with E-state index in [0.717, 1.165) is 6.29 Å². The summed E-state index contributed by atoms with van der Waals surface area (Å²) in [4.78, 5) is 83.5. The van der Waals surface area contributed by atoms with Crippen molar-refractivity contribution >= 4 is 121 Å². The van der Waals surface area contributed by atoms with E-state index in [0.29, 0.717) is 19.1 Å². The number of benzene rings is 3. The van der Waals surface area contributed by atoms with E-state index in [1.165, 1.54) is 15.9 Å². The van der Waals surface area contributed by atoms with Gasteiger partial charge in [0.2, 0.25) is 0 Å². The monoisotopic (exact) mass is 2210 g/mol. The number of hydrogen-bond donors (Lipinski definition) is 2. The maximum atomic E-state index is 12.6. The van der Waals surface area contributed by atoms with Gasteiger partial charge in [-0.15, -0.1) is 6.58 Å². The van der Waals surface area contributed by atoms with Crippen LogP contribution in [0.4, 0.5) is 0 Å². The van der Waals surface area contributed by atoms with E-state index in [4.69, 9.17) is 69.5 Å². The Kier molecular flexibility index (Phi) is 48.0. The first kappa shape index (κ1) is 127. The van der Waals surface area contributed by atoms with Crippen LogP contribution in [0.1, 0.15) is 227 Å². The summed E-state index contributed by atoms with van der Waals surface area (Å²) in [7, 11) is -11.9. The Morgan fingerprint density at radius 2 is 0.632 bits per heavy atom. The van der Waals surface area contributed by atoms with Gasteiger partial charge in [0.25, 0.3) is 0 Å². The first-order chi connectivity index (χ1) is 61.6. The molecule has 136 heavy (non-hydrogen) atoms. The summed E-state index contributed by atoms with van der Waals surface area (Å²) >= 11 is -6.06. The van der Waals surface area contributed by atoms with Crippen LogP contribution in [0.25, 0.3) is 0 Å². The van der Waals surface area contributed by atoms with Gasteiger partial charge in [0.05, 0.1) is 72.8 Å². The van der Waals surface area contributed by atoms with Crippen LogP contribution in [0, 0.1) is 59.2 Å². The van der Waals surface area contributed by atoms with Gasteiger partial charge in [-0.1, -0.05) is 268 Å². The summed E-state index contributed by atoms with van der Waals surface area (Å²) in [6, 6.07) is 32.6. The minimum atomic E-state index is -6.06. The van der Waals surface area contributed by atoms with Crippen molar-refractivity contribution in [2.24, 2.45) is 59.2 Å². The van der Waals surface area contributed by atoms with Crippen molar-refractivity contribution in [1.82, 2.24) is 0 Å². The van der Waals surface area contributed by atoms with E-state index < -0.39 is 96.0 Å². The molecule has 0 unspecified atom stereocenters. The molecular weight excluding hydrogens is 2020 g/mol. The van der Waals surface area contributed by atoms with Gasteiger partial charge in [0, 0.05) is 48.9 Å². The topological polar surface area (TPSA) is 330 Å². The molecule has 0 aromatic heterocycles. The van der Waals surface area contributed by atoms with Crippen LogP contribution >= 0.6 is 6.89 Å². The van der Waals surface area contributed by atoms with Gasteiger partial charge in [0.15, 0.2) is 62.3 Å². The first-order valence-corrected chi connectivity index (χ1v) is 72.1. The molecule has 8 rings (SSSR count). The molecule has 5 fully saturated rings. The molecular formula is C104H181O24OsPSi6. The molecule has 5 aliphatic rings. The third kappa shape index (κ3) is 35.5. The number of aliphatic hydroxyl groups is 2. The van der Waals surface area contributed by atoms with Crippen LogP contribution in [0.3, 0.4) is 0 Å². The molecule has 0 spiro atoms.